The predicted octanol–water partition coefficient (Wildman–Crippen LogP) is 8.83. The van der Waals surface area contributed by atoms with Crippen molar-refractivity contribution in [2.45, 2.75) is 37.8 Å². The van der Waals surface area contributed by atoms with E-state index in [0.29, 0.717) is 6.42 Å². The van der Waals surface area contributed by atoms with Crippen LogP contribution in [0.2, 0.25) is 0 Å². The van der Waals surface area contributed by atoms with Gasteiger partial charge in [-0.3, -0.25) is 0 Å². The van der Waals surface area contributed by atoms with Crippen molar-refractivity contribution in [1.82, 2.24) is 4.90 Å². The van der Waals surface area contributed by atoms with Crippen LogP contribution in [0.15, 0.2) is 103 Å². The first-order valence-electron chi connectivity index (χ1n) is 12.8. The van der Waals surface area contributed by atoms with E-state index in [4.69, 9.17) is 4.74 Å². The fourth-order valence-electron chi connectivity index (χ4n) is 4.88. The van der Waals surface area contributed by atoms with Crippen molar-refractivity contribution < 1.29 is 17.9 Å². The second kappa shape index (κ2) is 11.8. The van der Waals surface area contributed by atoms with Crippen LogP contribution in [0.5, 0.6) is 5.75 Å². The second-order valence-electron chi connectivity index (χ2n) is 9.90. The first-order chi connectivity index (χ1) is 18.2. The quantitative estimate of drug-likeness (QED) is 0.208. The van der Waals surface area contributed by atoms with Crippen molar-refractivity contribution in [3.8, 4) is 5.75 Å². The Morgan fingerprint density at radius 2 is 1.53 bits per heavy atom. The van der Waals surface area contributed by atoms with Crippen LogP contribution in [-0.4, -0.2) is 25.6 Å². The van der Waals surface area contributed by atoms with E-state index in [1.54, 1.807) is 19.2 Å². The molecule has 0 radical (unpaired) electrons. The lowest BCUT2D eigenvalue weighted by molar-refractivity contribution is -0.137. The van der Waals surface area contributed by atoms with E-state index >= 15 is 0 Å². The van der Waals surface area contributed by atoms with E-state index in [1.807, 2.05) is 30.3 Å². The molecular weight excluding hydrogens is 483 g/mol. The third-order valence-electron chi connectivity index (χ3n) is 7.41. The number of methoxy groups -OCH3 is 1. The molecule has 0 unspecified atom stereocenters. The first kappa shape index (κ1) is 27.3. The Morgan fingerprint density at radius 3 is 2.18 bits per heavy atom. The van der Waals surface area contributed by atoms with E-state index in [0.717, 1.165) is 40.7 Å². The number of alkyl halides is 3. The standard InChI is InChI=1S/C33H34F3NO/c1-23(27-12-13-29-22-32(38-4)17-14-28(29)21-27)24(2)37(3)19-18-30(26-8-6-5-7-9-26)20-25-10-15-31(16-11-25)33(34,35)36/h5-17,21-23,30H,2,18-20H2,1,3-4H3/t23-,30+/m0/s1. The summed E-state index contributed by atoms with van der Waals surface area (Å²) in [5, 5.41) is 2.29. The Kier molecular flexibility index (Phi) is 8.45. The van der Waals surface area contributed by atoms with Crippen LogP contribution in [0.1, 0.15) is 47.4 Å². The van der Waals surface area contributed by atoms with Gasteiger partial charge in [0.05, 0.1) is 12.7 Å². The number of allylic oxidation sites excluding steroid dienone is 1. The molecule has 4 aromatic rings. The molecule has 38 heavy (non-hydrogen) atoms. The zero-order valence-corrected chi connectivity index (χ0v) is 22.1. The summed E-state index contributed by atoms with van der Waals surface area (Å²) in [6, 6.07) is 28.3. The summed E-state index contributed by atoms with van der Waals surface area (Å²) in [6.45, 7) is 7.36. The van der Waals surface area contributed by atoms with Gasteiger partial charge in [-0.05, 0) is 70.5 Å². The van der Waals surface area contributed by atoms with Crippen LogP contribution in [0.25, 0.3) is 10.8 Å². The van der Waals surface area contributed by atoms with Crippen LogP contribution in [0.4, 0.5) is 13.2 Å². The van der Waals surface area contributed by atoms with Gasteiger partial charge in [0, 0.05) is 25.2 Å². The number of halogens is 3. The van der Waals surface area contributed by atoms with Gasteiger partial charge in [0.25, 0.3) is 0 Å². The van der Waals surface area contributed by atoms with E-state index in [2.05, 4.69) is 61.8 Å². The number of likely N-dealkylation sites (N-methyl/N-ethyl adjacent to an activating group) is 1. The van der Waals surface area contributed by atoms with Crippen molar-refractivity contribution in [3.63, 3.8) is 0 Å². The number of hydrogen-bond acceptors (Lipinski definition) is 2. The van der Waals surface area contributed by atoms with E-state index < -0.39 is 11.7 Å². The van der Waals surface area contributed by atoms with E-state index in [-0.39, 0.29) is 11.8 Å². The summed E-state index contributed by atoms with van der Waals surface area (Å²) in [7, 11) is 3.73. The highest BCUT2D eigenvalue weighted by Gasteiger charge is 2.30. The molecule has 198 valence electrons. The maximum atomic E-state index is 13.0. The Balaban J connectivity index is 1.45. The average molecular weight is 518 g/mol. The lowest BCUT2D eigenvalue weighted by atomic mass is 9.88. The van der Waals surface area contributed by atoms with Gasteiger partial charge in [-0.1, -0.05) is 80.2 Å². The van der Waals surface area contributed by atoms with Gasteiger partial charge < -0.3 is 9.64 Å². The van der Waals surface area contributed by atoms with Crippen molar-refractivity contribution in [2.75, 3.05) is 20.7 Å². The summed E-state index contributed by atoms with van der Waals surface area (Å²) >= 11 is 0. The van der Waals surface area contributed by atoms with Crippen molar-refractivity contribution >= 4 is 10.8 Å². The minimum atomic E-state index is -4.32. The maximum absolute atomic E-state index is 13.0. The molecule has 0 N–H and O–H groups in total. The molecule has 0 saturated heterocycles. The number of hydrogen-bond donors (Lipinski definition) is 0. The zero-order valence-electron chi connectivity index (χ0n) is 22.1. The van der Waals surface area contributed by atoms with Gasteiger partial charge in [0.15, 0.2) is 0 Å². The van der Waals surface area contributed by atoms with E-state index in [9.17, 15) is 13.2 Å². The van der Waals surface area contributed by atoms with Crippen LogP contribution in [0.3, 0.4) is 0 Å². The summed E-state index contributed by atoms with van der Waals surface area (Å²) in [5.74, 6) is 1.15. The molecule has 0 aromatic heterocycles. The highest BCUT2D eigenvalue weighted by atomic mass is 19.4. The van der Waals surface area contributed by atoms with E-state index in [1.165, 1.54) is 23.3 Å². The molecule has 5 heteroatoms. The molecule has 2 nitrogen and oxygen atoms in total. The molecule has 0 aliphatic rings. The molecular formula is C33H34F3NO. The fraction of sp³-hybridized carbons (Fsp3) is 0.273. The van der Waals surface area contributed by atoms with Gasteiger partial charge in [-0.25, -0.2) is 0 Å². The van der Waals surface area contributed by atoms with Gasteiger partial charge >= 0.3 is 6.18 Å². The second-order valence-corrected chi connectivity index (χ2v) is 9.90. The molecule has 0 aliphatic carbocycles. The molecule has 0 bridgehead atoms. The van der Waals surface area contributed by atoms with Crippen molar-refractivity contribution in [2.24, 2.45) is 0 Å². The zero-order chi connectivity index (χ0) is 27.3. The normalized spacial score (nSPS) is 13.2. The van der Waals surface area contributed by atoms with Gasteiger partial charge in [0.2, 0.25) is 0 Å². The van der Waals surface area contributed by atoms with Crippen LogP contribution in [-0.2, 0) is 12.6 Å². The Hall–Kier alpha value is -3.73. The highest BCUT2D eigenvalue weighted by Crippen LogP contribution is 2.32. The summed E-state index contributed by atoms with van der Waals surface area (Å²) in [5.41, 5.74) is 3.69. The largest absolute Gasteiger partial charge is 0.497 e. The number of fused-ring (bicyclic) bond motifs is 1. The number of rotatable bonds is 10. The van der Waals surface area contributed by atoms with Crippen molar-refractivity contribution in [3.05, 3.63) is 126 Å². The number of benzene rings is 4. The van der Waals surface area contributed by atoms with Gasteiger partial charge in [0.1, 0.15) is 5.75 Å². The molecule has 0 saturated carbocycles. The van der Waals surface area contributed by atoms with Crippen LogP contribution >= 0.6 is 0 Å². The summed E-state index contributed by atoms with van der Waals surface area (Å²) in [4.78, 5) is 2.20. The molecule has 4 aromatic carbocycles. The Bertz CT molecular complexity index is 1360. The van der Waals surface area contributed by atoms with Crippen molar-refractivity contribution in [1.29, 1.82) is 0 Å². The SMILES string of the molecule is C=C([C@H](C)c1ccc2cc(OC)ccc2c1)N(C)CC[C@H](Cc1ccc(C(F)(F)F)cc1)c1ccccc1. The minimum Gasteiger partial charge on any atom is -0.497 e. The first-order valence-corrected chi connectivity index (χ1v) is 12.8. The molecule has 0 amide bonds. The predicted molar refractivity (Wildman–Crippen MR) is 150 cm³/mol. The number of nitrogens with zero attached hydrogens (tertiary/aromatic N) is 1. The van der Waals surface area contributed by atoms with Crippen LogP contribution < -0.4 is 4.74 Å². The molecule has 0 aliphatic heterocycles. The highest BCUT2D eigenvalue weighted by molar-refractivity contribution is 5.84. The molecule has 0 fully saturated rings. The lowest BCUT2D eigenvalue weighted by Gasteiger charge is -2.29. The van der Waals surface area contributed by atoms with Gasteiger partial charge in [-0.2, -0.15) is 13.2 Å². The summed E-state index contributed by atoms with van der Waals surface area (Å²) in [6.07, 6.45) is -2.80. The van der Waals surface area contributed by atoms with Crippen LogP contribution in [0, 0.1) is 0 Å². The smallest absolute Gasteiger partial charge is 0.416 e. The minimum absolute atomic E-state index is 0.136. The molecule has 0 spiro atoms. The average Bonchev–Trinajstić information content (AvgIpc) is 2.93. The number of ether oxygens (including phenoxy) is 1. The van der Waals surface area contributed by atoms with Gasteiger partial charge in [-0.15, -0.1) is 0 Å². The summed E-state index contributed by atoms with van der Waals surface area (Å²) < 4.78 is 44.4. The molecule has 2 atom stereocenters. The topological polar surface area (TPSA) is 12.5 Å². The Morgan fingerprint density at radius 1 is 0.868 bits per heavy atom. The molecule has 4 rings (SSSR count). The maximum Gasteiger partial charge on any atom is 0.416 e. The lowest BCUT2D eigenvalue weighted by Crippen LogP contribution is -2.23. The monoisotopic (exact) mass is 517 g/mol. The third-order valence-corrected chi connectivity index (χ3v) is 7.41. The fourth-order valence-corrected chi connectivity index (χ4v) is 4.88. The Labute approximate surface area is 223 Å². The third kappa shape index (κ3) is 6.58. The molecule has 0 heterocycles.